The Labute approximate surface area is 93.6 Å². The van der Waals surface area contributed by atoms with Crippen molar-refractivity contribution in [2.45, 2.75) is 6.36 Å². The van der Waals surface area contributed by atoms with Crippen molar-refractivity contribution >= 4 is 34.3 Å². The van der Waals surface area contributed by atoms with Crippen molar-refractivity contribution in [2.75, 3.05) is 0 Å². The maximum Gasteiger partial charge on any atom is 0.378 e. The summed E-state index contributed by atoms with van der Waals surface area (Å²) in [6.07, 6.45) is 0.331. The average Bonchev–Trinajstić information content (AvgIpc) is 2.04. The van der Waals surface area contributed by atoms with Crippen LogP contribution in [0.4, 0.5) is 4.39 Å². The van der Waals surface area contributed by atoms with E-state index >= 15 is 0 Å². The topological polar surface area (TPSA) is 59.4 Å². The van der Waals surface area contributed by atoms with Gasteiger partial charge in [-0.15, -0.1) is 12.4 Å². The molecule has 0 aromatic carbocycles. The summed E-state index contributed by atoms with van der Waals surface area (Å²) in [6.45, 7) is 0. The molecule has 0 aliphatic carbocycles. The van der Waals surface area contributed by atoms with Gasteiger partial charge in [-0.25, -0.2) is 4.79 Å². The molecule has 0 aliphatic heterocycles. The molecule has 0 amide bonds. The molecular weight excluding hydrogens is 280 g/mol. The van der Waals surface area contributed by atoms with E-state index in [-0.39, 0.29) is 18.2 Å². The first-order chi connectivity index (χ1) is 6.09. The van der Waals surface area contributed by atoms with Crippen LogP contribution in [0.5, 0.6) is 5.75 Å². The highest BCUT2D eigenvalue weighted by molar-refractivity contribution is 9.10. The predicted octanol–water partition coefficient (Wildman–Crippen LogP) is 2.02. The molecule has 0 saturated carbocycles. The number of carboxylic acid groups (broad SMARTS) is 1. The van der Waals surface area contributed by atoms with E-state index in [2.05, 4.69) is 25.7 Å². The molecule has 0 fully saturated rings. The number of hydrogen-bond donors (Lipinski definition) is 1. The molecule has 78 valence electrons. The first kappa shape index (κ1) is 13.1. The van der Waals surface area contributed by atoms with E-state index < -0.39 is 12.3 Å². The minimum absolute atomic E-state index is 0. The van der Waals surface area contributed by atoms with Gasteiger partial charge in [0.15, 0.2) is 0 Å². The van der Waals surface area contributed by atoms with E-state index in [9.17, 15) is 9.18 Å². The largest absolute Gasteiger partial charge is 0.476 e. The van der Waals surface area contributed by atoms with E-state index in [1.165, 1.54) is 18.5 Å². The molecule has 0 aliphatic rings. The minimum atomic E-state index is -2.36. The predicted molar refractivity (Wildman–Crippen MR) is 52.3 cm³/mol. The molecule has 1 N–H and O–H groups in total. The number of ether oxygens (including phenoxy) is 1. The number of aliphatic carboxylic acids is 1. The number of nitrogens with zero attached hydrogens (tertiary/aromatic N) is 1. The average molecular weight is 286 g/mol. The molecule has 14 heavy (non-hydrogen) atoms. The highest BCUT2D eigenvalue weighted by Crippen LogP contribution is 2.17. The third kappa shape index (κ3) is 3.89. The van der Waals surface area contributed by atoms with Crippen molar-refractivity contribution in [3.05, 3.63) is 22.9 Å². The Balaban J connectivity index is 0.00000169. The van der Waals surface area contributed by atoms with Crippen molar-refractivity contribution in [1.29, 1.82) is 0 Å². The smallest absolute Gasteiger partial charge is 0.378 e. The molecular formula is C7H6BrClFNO3. The summed E-state index contributed by atoms with van der Waals surface area (Å²) in [6, 6.07) is 1.42. The van der Waals surface area contributed by atoms with Crippen LogP contribution in [0.15, 0.2) is 22.9 Å². The zero-order valence-corrected chi connectivity index (χ0v) is 9.09. The van der Waals surface area contributed by atoms with Gasteiger partial charge in [0.05, 0.1) is 6.20 Å². The summed E-state index contributed by atoms with van der Waals surface area (Å²) in [4.78, 5) is 13.7. The molecule has 1 aromatic rings. The van der Waals surface area contributed by atoms with Crippen LogP contribution in [0, 0.1) is 0 Å². The Hall–Kier alpha value is -0.880. The van der Waals surface area contributed by atoms with Crippen LogP contribution in [0.3, 0.4) is 0 Å². The highest BCUT2D eigenvalue weighted by atomic mass is 79.9. The van der Waals surface area contributed by atoms with Crippen LogP contribution < -0.4 is 4.74 Å². The van der Waals surface area contributed by atoms with E-state index in [0.29, 0.717) is 4.47 Å². The normalized spacial score (nSPS) is 11.3. The number of alkyl halides is 1. The molecule has 1 atom stereocenters. The van der Waals surface area contributed by atoms with Crippen molar-refractivity contribution in [2.24, 2.45) is 0 Å². The molecule has 7 heteroatoms. The van der Waals surface area contributed by atoms with Crippen molar-refractivity contribution in [3.8, 4) is 5.75 Å². The summed E-state index contributed by atoms with van der Waals surface area (Å²) in [5, 5.41) is 8.18. The van der Waals surface area contributed by atoms with E-state index in [4.69, 9.17) is 5.11 Å². The lowest BCUT2D eigenvalue weighted by molar-refractivity contribution is -0.153. The zero-order valence-electron chi connectivity index (χ0n) is 6.68. The van der Waals surface area contributed by atoms with E-state index in [1.807, 2.05) is 0 Å². The fourth-order valence-electron chi connectivity index (χ4n) is 0.627. The van der Waals surface area contributed by atoms with Crippen LogP contribution in [-0.4, -0.2) is 22.4 Å². The zero-order chi connectivity index (χ0) is 9.84. The summed E-state index contributed by atoms with van der Waals surface area (Å²) in [7, 11) is 0. The maximum atomic E-state index is 12.5. The monoisotopic (exact) mass is 285 g/mol. The van der Waals surface area contributed by atoms with Crippen molar-refractivity contribution in [1.82, 2.24) is 4.98 Å². The lowest BCUT2D eigenvalue weighted by Gasteiger charge is -2.06. The van der Waals surface area contributed by atoms with Crippen LogP contribution in [0.25, 0.3) is 0 Å². The van der Waals surface area contributed by atoms with Gasteiger partial charge in [-0.1, -0.05) is 0 Å². The molecule has 1 rings (SSSR count). The summed E-state index contributed by atoms with van der Waals surface area (Å²) < 4.78 is 17.5. The van der Waals surface area contributed by atoms with Gasteiger partial charge >= 0.3 is 12.3 Å². The summed E-state index contributed by atoms with van der Waals surface area (Å²) in [5.41, 5.74) is 0. The summed E-state index contributed by atoms with van der Waals surface area (Å²) >= 11 is 3.08. The second-order valence-corrected chi connectivity index (χ2v) is 3.03. The Morgan fingerprint density at radius 2 is 2.29 bits per heavy atom. The van der Waals surface area contributed by atoms with Crippen LogP contribution in [-0.2, 0) is 4.79 Å². The molecule has 1 aromatic heterocycles. The number of hydrogen-bond acceptors (Lipinski definition) is 3. The highest BCUT2D eigenvalue weighted by Gasteiger charge is 2.17. The van der Waals surface area contributed by atoms with Gasteiger partial charge in [0.25, 0.3) is 0 Å². The number of carboxylic acids is 1. The molecule has 0 spiro atoms. The lowest BCUT2D eigenvalue weighted by atomic mass is 10.5. The van der Waals surface area contributed by atoms with Crippen molar-refractivity contribution in [3.63, 3.8) is 0 Å². The number of carbonyl (C=O) groups is 1. The standard InChI is InChI=1S/C7H5BrFNO3.ClH/c8-4-1-5(3-10-2-4)13-6(9)7(11)12;/h1-3,6H,(H,11,12);1H. The second kappa shape index (κ2) is 5.77. The Kier molecular flexibility index (Phi) is 5.40. The van der Waals surface area contributed by atoms with E-state index in [0.717, 1.165) is 0 Å². The molecule has 4 nitrogen and oxygen atoms in total. The maximum absolute atomic E-state index is 12.5. The quantitative estimate of drug-likeness (QED) is 0.923. The number of halogens is 3. The first-order valence-corrected chi connectivity index (χ1v) is 4.03. The lowest BCUT2D eigenvalue weighted by Crippen LogP contribution is -2.21. The van der Waals surface area contributed by atoms with Gasteiger partial charge in [-0.05, 0) is 22.0 Å². The molecule has 0 bridgehead atoms. The Bertz CT molecular complexity index is 326. The first-order valence-electron chi connectivity index (χ1n) is 3.23. The minimum Gasteiger partial charge on any atom is -0.476 e. The van der Waals surface area contributed by atoms with Gasteiger partial charge in [0.2, 0.25) is 0 Å². The molecule has 1 heterocycles. The van der Waals surface area contributed by atoms with Gasteiger partial charge < -0.3 is 9.84 Å². The number of aromatic nitrogens is 1. The van der Waals surface area contributed by atoms with Crippen molar-refractivity contribution < 1.29 is 19.0 Å². The fourth-order valence-corrected chi connectivity index (χ4v) is 0.971. The fraction of sp³-hybridized carbons (Fsp3) is 0.143. The van der Waals surface area contributed by atoms with E-state index in [1.54, 1.807) is 0 Å². The SMILES string of the molecule is Cl.O=C(O)C(F)Oc1cncc(Br)c1. The molecule has 1 unspecified atom stereocenters. The van der Waals surface area contributed by atoms with Gasteiger partial charge in [-0.2, -0.15) is 4.39 Å². The van der Waals surface area contributed by atoms with Crippen LogP contribution in [0.1, 0.15) is 0 Å². The van der Waals surface area contributed by atoms with Crippen LogP contribution >= 0.6 is 28.3 Å². The Morgan fingerprint density at radius 3 is 2.79 bits per heavy atom. The van der Waals surface area contributed by atoms with Gasteiger partial charge in [-0.3, -0.25) is 4.98 Å². The number of rotatable bonds is 3. The van der Waals surface area contributed by atoms with Gasteiger partial charge in [0, 0.05) is 10.7 Å². The number of pyridine rings is 1. The third-order valence-corrected chi connectivity index (χ3v) is 1.55. The molecule has 0 radical (unpaired) electrons. The second-order valence-electron chi connectivity index (χ2n) is 2.11. The third-order valence-electron chi connectivity index (χ3n) is 1.11. The van der Waals surface area contributed by atoms with Gasteiger partial charge in [0.1, 0.15) is 5.75 Å². The molecule has 0 saturated heterocycles. The van der Waals surface area contributed by atoms with Crippen LogP contribution in [0.2, 0.25) is 0 Å². The summed E-state index contributed by atoms with van der Waals surface area (Å²) in [5.74, 6) is -1.61. The Morgan fingerprint density at radius 1 is 1.64 bits per heavy atom.